The minimum absolute atomic E-state index is 0.119. The van der Waals surface area contributed by atoms with Crippen LogP contribution in [-0.2, 0) is 23.1 Å². The lowest BCUT2D eigenvalue weighted by atomic mass is 10.1. The number of hydrogen-bond donors (Lipinski definition) is 1. The molecule has 7 nitrogen and oxygen atoms in total. The van der Waals surface area contributed by atoms with Crippen molar-refractivity contribution in [2.45, 2.75) is 77.7 Å². The molecule has 0 heterocycles. The van der Waals surface area contributed by atoms with E-state index in [1.165, 1.54) is 39.0 Å². The van der Waals surface area contributed by atoms with Crippen LogP contribution in [0.1, 0.15) is 71.6 Å². The molecule has 0 fully saturated rings. The summed E-state index contributed by atoms with van der Waals surface area (Å²) in [4.78, 5) is 21.0. The summed E-state index contributed by atoms with van der Waals surface area (Å²) in [6, 6.07) is 0. The van der Waals surface area contributed by atoms with Crippen LogP contribution in [-0.4, -0.2) is 62.4 Å². The van der Waals surface area contributed by atoms with E-state index in [0.717, 1.165) is 19.3 Å². The monoisotopic (exact) mass is 410 g/mol. The van der Waals surface area contributed by atoms with Crippen molar-refractivity contribution in [2.75, 3.05) is 40.9 Å². The molecule has 0 aromatic rings. The molecule has 27 heavy (non-hydrogen) atoms. The highest BCUT2D eigenvalue weighted by Gasteiger charge is 2.25. The van der Waals surface area contributed by atoms with Crippen molar-refractivity contribution in [1.29, 1.82) is 0 Å². The van der Waals surface area contributed by atoms with E-state index in [2.05, 4.69) is 6.92 Å². The Labute approximate surface area is 165 Å². The van der Waals surface area contributed by atoms with Crippen LogP contribution >= 0.6 is 7.82 Å². The molecule has 1 N–H and O–H groups in total. The molecular weight excluding hydrogens is 369 g/mol. The molecule has 0 saturated carbocycles. The summed E-state index contributed by atoms with van der Waals surface area (Å²) in [6.07, 6.45) is 9.53. The SMILES string of the molecule is CCCCCCCCCCC(COP(=O)(O)OCC[N+](C)(C)C)OC(C)=O. The number of carbonyl (C=O) groups excluding carboxylic acids is 1. The fourth-order valence-corrected chi connectivity index (χ4v) is 3.30. The van der Waals surface area contributed by atoms with E-state index in [4.69, 9.17) is 13.8 Å². The molecule has 0 spiro atoms. The van der Waals surface area contributed by atoms with Gasteiger partial charge in [0.25, 0.3) is 0 Å². The molecule has 0 aromatic carbocycles. The number of phosphoric ester groups is 1. The molecule has 2 atom stereocenters. The molecule has 0 aliphatic heterocycles. The molecular formula is C19H41NO6P+. The first-order chi connectivity index (χ1) is 12.6. The van der Waals surface area contributed by atoms with Crippen LogP contribution in [0.4, 0.5) is 0 Å². The van der Waals surface area contributed by atoms with E-state index in [1.807, 2.05) is 21.1 Å². The van der Waals surface area contributed by atoms with Gasteiger partial charge in [0, 0.05) is 6.92 Å². The highest BCUT2D eigenvalue weighted by Crippen LogP contribution is 2.43. The van der Waals surface area contributed by atoms with Crippen LogP contribution in [0, 0.1) is 0 Å². The third-order valence-corrected chi connectivity index (χ3v) is 5.14. The quantitative estimate of drug-likeness (QED) is 0.167. The van der Waals surface area contributed by atoms with Crippen molar-refractivity contribution in [3.05, 3.63) is 0 Å². The van der Waals surface area contributed by atoms with Gasteiger partial charge in [-0.25, -0.2) is 4.57 Å². The standard InChI is InChI=1S/C19H40NO6P/c1-6-7-8-9-10-11-12-13-14-19(26-18(2)21)17-25-27(22,23)24-16-15-20(3,4)5/h19H,6-17H2,1-5H3/p+1. The minimum Gasteiger partial charge on any atom is -0.460 e. The summed E-state index contributed by atoms with van der Waals surface area (Å²) in [6.45, 7) is 4.11. The Morgan fingerprint density at radius 2 is 1.56 bits per heavy atom. The molecule has 8 heteroatoms. The predicted octanol–water partition coefficient (Wildman–Crippen LogP) is 4.29. The first-order valence-corrected chi connectivity index (χ1v) is 11.6. The van der Waals surface area contributed by atoms with Crippen molar-refractivity contribution >= 4 is 13.8 Å². The van der Waals surface area contributed by atoms with Gasteiger partial charge in [0.1, 0.15) is 19.3 Å². The van der Waals surface area contributed by atoms with Crippen molar-refractivity contribution < 1.29 is 32.5 Å². The number of carbonyl (C=O) groups is 1. The maximum absolute atomic E-state index is 12.0. The summed E-state index contributed by atoms with van der Waals surface area (Å²) < 4.78 is 27.8. The van der Waals surface area contributed by atoms with Gasteiger partial charge in [-0.2, -0.15) is 0 Å². The molecule has 0 aliphatic rings. The van der Waals surface area contributed by atoms with E-state index in [1.54, 1.807) is 0 Å². The van der Waals surface area contributed by atoms with E-state index >= 15 is 0 Å². The molecule has 0 amide bonds. The normalized spacial score (nSPS) is 15.3. The topological polar surface area (TPSA) is 82.1 Å². The first-order valence-electron chi connectivity index (χ1n) is 10.2. The Balaban J connectivity index is 4.10. The summed E-state index contributed by atoms with van der Waals surface area (Å²) in [5, 5.41) is 0. The van der Waals surface area contributed by atoms with Gasteiger partial charge in [0.2, 0.25) is 0 Å². The van der Waals surface area contributed by atoms with Crippen molar-refractivity contribution in [3.8, 4) is 0 Å². The molecule has 0 radical (unpaired) electrons. The molecule has 2 unspecified atom stereocenters. The van der Waals surface area contributed by atoms with Gasteiger partial charge in [-0.1, -0.05) is 51.9 Å². The van der Waals surface area contributed by atoms with E-state index in [9.17, 15) is 14.3 Å². The van der Waals surface area contributed by atoms with Crippen LogP contribution in [0.5, 0.6) is 0 Å². The smallest absolute Gasteiger partial charge is 0.460 e. The molecule has 162 valence electrons. The Bertz CT molecular complexity index is 438. The van der Waals surface area contributed by atoms with Crippen LogP contribution < -0.4 is 0 Å². The van der Waals surface area contributed by atoms with Crippen molar-refractivity contribution in [1.82, 2.24) is 0 Å². The largest absolute Gasteiger partial charge is 0.472 e. The Morgan fingerprint density at radius 1 is 1.00 bits per heavy atom. The summed E-state index contributed by atoms with van der Waals surface area (Å²) in [5.74, 6) is -0.415. The van der Waals surface area contributed by atoms with E-state index < -0.39 is 19.9 Å². The maximum atomic E-state index is 12.0. The average molecular weight is 411 g/mol. The van der Waals surface area contributed by atoms with Gasteiger partial charge < -0.3 is 14.1 Å². The average Bonchev–Trinajstić information content (AvgIpc) is 2.53. The van der Waals surface area contributed by atoms with Crippen LogP contribution in [0.25, 0.3) is 0 Å². The lowest BCUT2D eigenvalue weighted by Gasteiger charge is -2.24. The highest BCUT2D eigenvalue weighted by molar-refractivity contribution is 7.47. The third-order valence-electron chi connectivity index (χ3n) is 4.15. The van der Waals surface area contributed by atoms with Gasteiger partial charge in [-0.05, 0) is 12.8 Å². The van der Waals surface area contributed by atoms with Crippen molar-refractivity contribution in [3.63, 3.8) is 0 Å². The molecule has 0 saturated heterocycles. The number of hydrogen-bond acceptors (Lipinski definition) is 5. The molecule has 0 rings (SSSR count). The second-order valence-corrected chi connectivity index (χ2v) is 9.56. The Morgan fingerprint density at radius 3 is 2.07 bits per heavy atom. The number of esters is 1. The van der Waals surface area contributed by atoms with Crippen molar-refractivity contribution in [2.24, 2.45) is 0 Å². The second-order valence-electron chi connectivity index (χ2n) is 8.11. The Hall–Kier alpha value is -0.460. The number of phosphoric acid groups is 1. The number of quaternary nitrogens is 1. The summed E-state index contributed by atoms with van der Waals surface area (Å²) in [7, 11) is 1.76. The lowest BCUT2D eigenvalue weighted by molar-refractivity contribution is -0.870. The predicted molar refractivity (Wildman–Crippen MR) is 107 cm³/mol. The molecule has 0 aromatic heterocycles. The van der Waals surface area contributed by atoms with E-state index in [0.29, 0.717) is 17.4 Å². The summed E-state index contributed by atoms with van der Waals surface area (Å²) >= 11 is 0. The van der Waals surface area contributed by atoms with Gasteiger partial charge in [-0.15, -0.1) is 0 Å². The maximum Gasteiger partial charge on any atom is 0.472 e. The van der Waals surface area contributed by atoms with Gasteiger partial charge in [0.15, 0.2) is 0 Å². The number of likely N-dealkylation sites (N-methyl/N-ethyl adjacent to an activating group) is 1. The fraction of sp³-hybridized carbons (Fsp3) is 0.947. The first kappa shape index (κ1) is 26.5. The van der Waals surface area contributed by atoms with Crippen LogP contribution in [0.2, 0.25) is 0 Å². The van der Waals surface area contributed by atoms with Gasteiger partial charge in [-0.3, -0.25) is 13.8 Å². The highest BCUT2D eigenvalue weighted by atomic mass is 31.2. The zero-order valence-corrected chi connectivity index (χ0v) is 18.8. The van der Waals surface area contributed by atoms with E-state index in [-0.39, 0.29) is 13.2 Å². The number of nitrogens with zero attached hydrogens (tertiary/aromatic N) is 1. The number of ether oxygens (including phenoxy) is 1. The fourth-order valence-electron chi connectivity index (χ4n) is 2.56. The lowest BCUT2D eigenvalue weighted by Crippen LogP contribution is -2.37. The number of rotatable bonds is 17. The molecule has 0 bridgehead atoms. The minimum atomic E-state index is -4.14. The Kier molecular flexibility index (Phi) is 14.3. The second kappa shape index (κ2) is 14.5. The summed E-state index contributed by atoms with van der Waals surface area (Å²) in [5.41, 5.74) is 0. The van der Waals surface area contributed by atoms with Crippen LogP contribution in [0.3, 0.4) is 0 Å². The van der Waals surface area contributed by atoms with Crippen LogP contribution in [0.15, 0.2) is 0 Å². The zero-order valence-electron chi connectivity index (χ0n) is 17.9. The zero-order chi connectivity index (χ0) is 20.8. The molecule has 0 aliphatic carbocycles. The van der Waals surface area contributed by atoms with Gasteiger partial charge >= 0.3 is 13.8 Å². The number of unbranched alkanes of at least 4 members (excludes halogenated alkanes) is 7. The third kappa shape index (κ3) is 18.7. The van der Waals surface area contributed by atoms with Gasteiger partial charge in [0.05, 0.1) is 27.7 Å².